The molecule has 0 atom stereocenters. The van der Waals surface area contributed by atoms with E-state index in [4.69, 9.17) is 21.9 Å². The van der Waals surface area contributed by atoms with Crippen LogP contribution in [0.25, 0.3) is 11.1 Å². The molecule has 2 N–H and O–H groups in total. The van der Waals surface area contributed by atoms with Crippen molar-refractivity contribution in [2.24, 2.45) is 0 Å². The van der Waals surface area contributed by atoms with Crippen LogP contribution in [0, 0.1) is 0 Å². The fourth-order valence-electron chi connectivity index (χ4n) is 1.80. The van der Waals surface area contributed by atoms with Crippen LogP contribution in [0.3, 0.4) is 0 Å². The second kappa shape index (κ2) is 4.04. The summed E-state index contributed by atoms with van der Waals surface area (Å²) in [6.07, 6.45) is 1.45. The molecule has 0 saturated carbocycles. The fraction of sp³-hybridized carbons (Fsp3) is 0.250. The second-order valence-electron chi connectivity index (χ2n) is 4.24. The van der Waals surface area contributed by atoms with E-state index in [1.165, 1.54) is 20.0 Å². The van der Waals surface area contributed by atoms with Gasteiger partial charge in [0.05, 0.1) is 11.8 Å². The number of benzene rings is 1. The molecule has 0 fully saturated rings. The maximum absolute atomic E-state index is 14.2. The number of nitrogens with zero attached hydrogens (tertiary/aromatic N) is 1. The SMILES string of the molecule is CC(C)(F)c1c(Cl)cccc1-c1cnoc1N. The summed E-state index contributed by atoms with van der Waals surface area (Å²) >= 11 is 6.05. The van der Waals surface area contributed by atoms with E-state index in [1.807, 2.05) is 0 Å². The predicted molar refractivity (Wildman–Crippen MR) is 65.5 cm³/mol. The maximum atomic E-state index is 14.2. The van der Waals surface area contributed by atoms with Crippen molar-refractivity contribution in [3.05, 3.63) is 35.0 Å². The van der Waals surface area contributed by atoms with Crippen LogP contribution in [-0.4, -0.2) is 5.16 Å². The molecular weight excluding hydrogens is 243 g/mol. The molecule has 2 rings (SSSR count). The molecule has 3 nitrogen and oxygen atoms in total. The largest absolute Gasteiger partial charge is 0.367 e. The molecule has 0 aliphatic carbocycles. The topological polar surface area (TPSA) is 52.0 Å². The lowest BCUT2D eigenvalue weighted by Crippen LogP contribution is -2.11. The van der Waals surface area contributed by atoms with Crippen molar-refractivity contribution in [3.63, 3.8) is 0 Å². The van der Waals surface area contributed by atoms with Gasteiger partial charge in [0.15, 0.2) is 0 Å². The van der Waals surface area contributed by atoms with Crippen LogP contribution in [0.15, 0.2) is 28.9 Å². The lowest BCUT2D eigenvalue weighted by atomic mass is 9.91. The average Bonchev–Trinajstić information content (AvgIpc) is 2.62. The number of nitrogen functional groups attached to an aromatic ring is 1. The summed E-state index contributed by atoms with van der Waals surface area (Å²) in [6.45, 7) is 2.89. The highest BCUT2D eigenvalue weighted by Gasteiger charge is 2.27. The van der Waals surface area contributed by atoms with Crippen molar-refractivity contribution in [2.75, 3.05) is 5.73 Å². The van der Waals surface area contributed by atoms with E-state index >= 15 is 0 Å². The number of hydrogen-bond donors (Lipinski definition) is 1. The Kier molecular flexibility index (Phi) is 2.83. The summed E-state index contributed by atoms with van der Waals surface area (Å²) in [6, 6.07) is 5.12. The Labute approximate surface area is 103 Å². The third-order valence-corrected chi connectivity index (χ3v) is 2.81. The van der Waals surface area contributed by atoms with Gasteiger partial charge in [-0.15, -0.1) is 0 Å². The van der Waals surface area contributed by atoms with E-state index in [0.717, 1.165) is 0 Å². The van der Waals surface area contributed by atoms with Gasteiger partial charge in [-0.1, -0.05) is 28.9 Å². The van der Waals surface area contributed by atoms with E-state index in [9.17, 15) is 4.39 Å². The number of rotatable bonds is 2. The molecule has 0 saturated heterocycles. The first-order valence-electron chi connectivity index (χ1n) is 5.09. The zero-order valence-corrected chi connectivity index (χ0v) is 10.3. The summed E-state index contributed by atoms with van der Waals surface area (Å²) in [5.74, 6) is 0.151. The molecule has 5 heteroatoms. The maximum Gasteiger partial charge on any atom is 0.229 e. The summed E-state index contributed by atoms with van der Waals surface area (Å²) in [5, 5.41) is 3.94. The fourth-order valence-corrected chi connectivity index (χ4v) is 2.20. The van der Waals surface area contributed by atoms with Gasteiger partial charge in [0.1, 0.15) is 5.67 Å². The van der Waals surface area contributed by atoms with E-state index in [-0.39, 0.29) is 5.88 Å². The highest BCUT2D eigenvalue weighted by atomic mass is 35.5. The first-order valence-corrected chi connectivity index (χ1v) is 5.47. The van der Waals surface area contributed by atoms with Crippen LogP contribution < -0.4 is 5.73 Å². The molecule has 0 aliphatic rings. The Morgan fingerprint density at radius 3 is 2.59 bits per heavy atom. The molecule has 0 amide bonds. The van der Waals surface area contributed by atoms with E-state index < -0.39 is 5.67 Å². The normalized spacial score (nSPS) is 11.8. The Morgan fingerprint density at radius 2 is 2.06 bits per heavy atom. The molecule has 0 bridgehead atoms. The first kappa shape index (κ1) is 11.9. The standard InChI is InChI=1S/C12H12ClFN2O/c1-12(2,14)10-7(4-3-5-9(10)13)8-6-16-17-11(8)15/h3-6H,15H2,1-2H3. The van der Waals surface area contributed by atoms with Gasteiger partial charge in [-0.2, -0.15) is 0 Å². The molecule has 0 radical (unpaired) electrons. The number of halogens is 2. The molecule has 1 aromatic heterocycles. The van der Waals surface area contributed by atoms with Gasteiger partial charge in [-0.3, -0.25) is 0 Å². The quantitative estimate of drug-likeness (QED) is 0.887. The van der Waals surface area contributed by atoms with Crippen LogP contribution >= 0.6 is 11.6 Å². The number of alkyl halides is 1. The van der Waals surface area contributed by atoms with Gasteiger partial charge in [0.2, 0.25) is 5.88 Å². The number of aromatic nitrogens is 1. The van der Waals surface area contributed by atoms with Gasteiger partial charge >= 0.3 is 0 Å². The van der Waals surface area contributed by atoms with Crippen LogP contribution in [0.1, 0.15) is 19.4 Å². The van der Waals surface area contributed by atoms with Gasteiger partial charge in [-0.05, 0) is 25.5 Å². The van der Waals surface area contributed by atoms with Gasteiger partial charge < -0.3 is 10.3 Å². The zero-order chi connectivity index (χ0) is 12.6. The molecule has 0 aliphatic heterocycles. The predicted octanol–water partition coefficient (Wildman–Crippen LogP) is 3.78. The molecule has 1 heterocycles. The van der Waals surface area contributed by atoms with E-state index in [0.29, 0.717) is 21.7 Å². The van der Waals surface area contributed by atoms with E-state index in [2.05, 4.69) is 5.16 Å². The van der Waals surface area contributed by atoms with Crippen molar-refractivity contribution in [1.82, 2.24) is 5.16 Å². The lowest BCUT2D eigenvalue weighted by Gasteiger charge is -2.20. The number of nitrogens with two attached hydrogens (primary N) is 1. The van der Waals surface area contributed by atoms with Crippen LogP contribution in [0.5, 0.6) is 0 Å². The first-order chi connectivity index (χ1) is 7.91. The van der Waals surface area contributed by atoms with Gasteiger partial charge in [-0.25, -0.2) is 4.39 Å². The Hall–Kier alpha value is -1.55. The van der Waals surface area contributed by atoms with Gasteiger partial charge in [0.25, 0.3) is 0 Å². The molecule has 2 aromatic rings. The minimum atomic E-state index is -1.57. The summed E-state index contributed by atoms with van der Waals surface area (Å²) < 4.78 is 19.0. The highest BCUT2D eigenvalue weighted by molar-refractivity contribution is 6.32. The van der Waals surface area contributed by atoms with Gasteiger partial charge in [0, 0.05) is 10.6 Å². The molecule has 0 spiro atoms. The van der Waals surface area contributed by atoms with Crippen LogP contribution in [0.4, 0.5) is 10.3 Å². The summed E-state index contributed by atoms with van der Waals surface area (Å²) in [4.78, 5) is 0. The Bertz CT molecular complexity index is 546. The highest BCUT2D eigenvalue weighted by Crippen LogP contribution is 2.40. The lowest BCUT2D eigenvalue weighted by molar-refractivity contribution is 0.222. The minimum absolute atomic E-state index is 0.151. The summed E-state index contributed by atoms with van der Waals surface area (Å²) in [7, 11) is 0. The zero-order valence-electron chi connectivity index (χ0n) is 9.50. The minimum Gasteiger partial charge on any atom is -0.367 e. The Morgan fingerprint density at radius 1 is 1.35 bits per heavy atom. The molecule has 17 heavy (non-hydrogen) atoms. The monoisotopic (exact) mass is 254 g/mol. The van der Waals surface area contributed by atoms with Crippen molar-refractivity contribution < 1.29 is 8.91 Å². The van der Waals surface area contributed by atoms with Crippen LogP contribution in [0.2, 0.25) is 5.02 Å². The Balaban J connectivity index is 2.71. The van der Waals surface area contributed by atoms with Crippen molar-refractivity contribution in [1.29, 1.82) is 0 Å². The second-order valence-corrected chi connectivity index (χ2v) is 4.65. The molecule has 0 unspecified atom stereocenters. The number of hydrogen-bond acceptors (Lipinski definition) is 3. The molecular formula is C12H12ClFN2O. The van der Waals surface area contributed by atoms with E-state index in [1.54, 1.807) is 18.2 Å². The number of anilines is 1. The van der Waals surface area contributed by atoms with Crippen molar-refractivity contribution in [2.45, 2.75) is 19.5 Å². The molecule has 1 aromatic carbocycles. The summed E-state index contributed by atoms with van der Waals surface area (Å²) in [5.41, 5.74) is 5.60. The molecule has 90 valence electrons. The van der Waals surface area contributed by atoms with Crippen LogP contribution in [-0.2, 0) is 5.67 Å². The van der Waals surface area contributed by atoms with Crippen molar-refractivity contribution >= 4 is 17.5 Å². The average molecular weight is 255 g/mol. The smallest absolute Gasteiger partial charge is 0.229 e. The third kappa shape index (κ3) is 2.13. The third-order valence-electron chi connectivity index (χ3n) is 2.50. The van der Waals surface area contributed by atoms with Crippen molar-refractivity contribution in [3.8, 4) is 11.1 Å².